The van der Waals surface area contributed by atoms with Crippen molar-refractivity contribution in [2.24, 2.45) is 5.41 Å². The van der Waals surface area contributed by atoms with E-state index < -0.39 is 10.0 Å². The molecule has 0 aliphatic carbocycles. The van der Waals surface area contributed by atoms with Crippen molar-refractivity contribution < 1.29 is 17.9 Å². The Kier molecular flexibility index (Phi) is 5.31. The molecule has 22 heavy (non-hydrogen) atoms. The number of sulfonamides is 1. The topological polar surface area (TPSA) is 76.7 Å². The molecule has 1 aliphatic rings. The molecule has 0 spiro atoms. The predicted octanol–water partition coefficient (Wildman–Crippen LogP) is 1.37. The minimum atomic E-state index is -3.65. The lowest BCUT2D eigenvalue weighted by Crippen LogP contribution is -2.42. The molecule has 0 saturated carbocycles. The number of piperidine rings is 1. The number of nitrogens with one attached hydrogen (secondary N) is 2. The van der Waals surface area contributed by atoms with Crippen molar-refractivity contribution in [3.05, 3.63) is 18.2 Å². The molecule has 2 N–H and O–H groups in total. The highest BCUT2D eigenvalue weighted by Gasteiger charge is 2.29. The first kappa shape index (κ1) is 17.1. The third-order valence-corrected chi connectivity index (χ3v) is 5.58. The summed E-state index contributed by atoms with van der Waals surface area (Å²) in [6.45, 7) is 4.36. The summed E-state index contributed by atoms with van der Waals surface area (Å²) >= 11 is 0. The van der Waals surface area contributed by atoms with Crippen LogP contribution < -0.4 is 19.5 Å². The van der Waals surface area contributed by atoms with Crippen LogP contribution in [0.15, 0.2) is 23.1 Å². The first-order valence-corrected chi connectivity index (χ1v) is 8.81. The molecule has 1 aliphatic heterocycles. The summed E-state index contributed by atoms with van der Waals surface area (Å²) in [4.78, 5) is 0.104. The summed E-state index contributed by atoms with van der Waals surface area (Å²) < 4.78 is 38.2. The van der Waals surface area contributed by atoms with Crippen LogP contribution in [0.3, 0.4) is 0 Å². The lowest BCUT2D eigenvalue weighted by atomic mass is 9.81. The molecule has 7 heteroatoms. The van der Waals surface area contributed by atoms with Crippen molar-refractivity contribution in [3.8, 4) is 11.5 Å². The number of ether oxygens (including phenoxy) is 2. The van der Waals surface area contributed by atoms with Gasteiger partial charge in [-0.2, -0.15) is 0 Å². The Morgan fingerprint density at radius 3 is 2.50 bits per heavy atom. The maximum Gasteiger partial charge on any atom is 0.244 e. The van der Waals surface area contributed by atoms with Gasteiger partial charge >= 0.3 is 0 Å². The Morgan fingerprint density at radius 2 is 1.91 bits per heavy atom. The smallest absolute Gasteiger partial charge is 0.244 e. The van der Waals surface area contributed by atoms with Gasteiger partial charge in [0.05, 0.1) is 14.2 Å². The van der Waals surface area contributed by atoms with Gasteiger partial charge in [0.25, 0.3) is 0 Å². The third kappa shape index (κ3) is 3.91. The lowest BCUT2D eigenvalue weighted by molar-refractivity contribution is 0.232. The van der Waals surface area contributed by atoms with E-state index >= 15 is 0 Å². The van der Waals surface area contributed by atoms with Gasteiger partial charge in [-0.15, -0.1) is 0 Å². The van der Waals surface area contributed by atoms with Gasteiger partial charge in [0.2, 0.25) is 10.0 Å². The molecule has 124 valence electrons. The van der Waals surface area contributed by atoms with Crippen LogP contribution in [0.4, 0.5) is 0 Å². The summed E-state index contributed by atoms with van der Waals surface area (Å²) in [7, 11) is -0.694. The maximum absolute atomic E-state index is 12.6. The van der Waals surface area contributed by atoms with Crippen LogP contribution >= 0.6 is 0 Å². The van der Waals surface area contributed by atoms with E-state index in [-0.39, 0.29) is 10.3 Å². The largest absolute Gasteiger partial charge is 0.497 e. The second-order valence-electron chi connectivity index (χ2n) is 5.90. The van der Waals surface area contributed by atoms with Crippen molar-refractivity contribution in [2.75, 3.05) is 33.9 Å². The molecular formula is C15H24N2O4S. The molecule has 2 rings (SSSR count). The Hall–Kier alpha value is -1.31. The van der Waals surface area contributed by atoms with E-state index in [1.165, 1.54) is 20.3 Å². The number of rotatable bonds is 6. The van der Waals surface area contributed by atoms with Crippen LogP contribution in [0.25, 0.3) is 0 Å². The van der Waals surface area contributed by atoms with E-state index in [0.717, 1.165) is 25.9 Å². The fourth-order valence-electron chi connectivity index (χ4n) is 2.55. The van der Waals surface area contributed by atoms with Gasteiger partial charge in [0.15, 0.2) is 0 Å². The van der Waals surface area contributed by atoms with Crippen molar-refractivity contribution in [3.63, 3.8) is 0 Å². The van der Waals surface area contributed by atoms with E-state index in [9.17, 15) is 8.42 Å². The molecule has 0 bridgehead atoms. The van der Waals surface area contributed by atoms with E-state index in [4.69, 9.17) is 9.47 Å². The monoisotopic (exact) mass is 328 g/mol. The zero-order chi connectivity index (χ0) is 16.2. The summed E-state index contributed by atoms with van der Waals surface area (Å²) in [6, 6.07) is 4.75. The average molecular weight is 328 g/mol. The molecule has 1 aromatic rings. The number of methoxy groups -OCH3 is 2. The second kappa shape index (κ2) is 6.85. The number of hydrogen-bond donors (Lipinski definition) is 2. The zero-order valence-corrected chi connectivity index (χ0v) is 14.1. The number of hydrogen-bond acceptors (Lipinski definition) is 5. The van der Waals surface area contributed by atoms with Gasteiger partial charge < -0.3 is 14.8 Å². The summed E-state index contributed by atoms with van der Waals surface area (Å²) in [5, 5.41) is 3.29. The van der Waals surface area contributed by atoms with Gasteiger partial charge in [-0.3, -0.25) is 0 Å². The van der Waals surface area contributed by atoms with Gasteiger partial charge in [0.1, 0.15) is 16.4 Å². The SMILES string of the molecule is COc1ccc(OC)c(S(=O)(=O)NCC2(C)CCNCC2)c1. The van der Waals surface area contributed by atoms with Gasteiger partial charge in [-0.1, -0.05) is 6.92 Å². The predicted molar refractivity (Wildman–Crippen MR) is 84.9 cm³/mol. The van der Waals surface area contributed by atoms with E-state index in [0.29, 0.717) is 18.0 Å². The molecule has 0 atom stereocenters. The highest BCUT2D eigenvalue weighted by atomic mass is 32.2. The first-order chi connectivity index (χ1) is 10.4. The third-order valence-electron chi connectivity index (χ3n) is 4.16. The fraction of sp³-hybridized carbons (Fsp3) is 0.600. The standard InChI is InChI=1S/C15H24N2O4S/c1-15(6-8-16-9-7-15)11-17-22(18,19)14-10-12(20-2)4-5-13(14)21-3/h4-5,10,16-17H,6-9,11H2,1-3H3. The van der Waals surface area contributed by atoms with Crippen LogP contribution in [0.5, 0.6) is 11.5 Å². The second-order valence-corrected chi connectivity index (χ2v) is 7.64. The Morgan fingerprint density at radius 1 is 1.23 bits per heavy atom. The molecule has 0 aromatic heterocycles. The molecule has 1 aromatic carbocycles. The Balaban J connectivity index is 2.19. The van der Waals surface area contributed by atoms with Crippen LogP contribution in [-0.4, -0.2) is 42.3 Å². The van der Waals surface area contributed by atoms with Gasteiger partial charge in [-0.25, -0.2) is 13.1 Å². The molecule has 1 saturated heterocycles. The average Bonchev–Trinajstić information content (AvgIpc) is 2.53. The fourth-order valence-corrected chi connectivity index (χ4v) is 3.93. The highest BCUT2D eigenvalue weighted by molar-refractivity contribution is 7.89. The van der Waals surface area contributed by atoms with Crippen molar-refractivity contribution >= 4 is 10.0 Å². The van der Waals surface area contributed by atoms with Crippen LogP contribution in [-0.2, 0) is 10.0 Å². The summed E-state index contributed by atoms with van der Waals surface area (Å²) in [5.41, 5.74) is -0.0234. The lowest BCUT2D eigenvalue weighted by Gasteiger charge is -2.34. The quantitative estimate of drug-likeness (QED) is 0.825. The first-order valence-electron chi connectivity index (χ1n) is 7.33. The van der Waals surface area contributed by atoms with Crippen molar-refractivity contribution in [2.45, 2.75) is 24.7 Å². The zero-order valence-electron chi connectivity index (χ0n) is 13.3. The summed E-state index contributed by atoms with van der Waals surface area (Å²) in [6.07, 6.45) is 1.90. The molecular weight excluding hydrogens is 304 g/mol. The highest BCUT2D eigenvalue weighted by Crippen LogP contribution is 2.30. The molecule has 0 unspecified atom stereocenters. The normalized spacial score (nSPS) is 18.0. The molecule has 1 heterocycles. The molecule has 0 radical (unpaired) electrons. The minimum absolute atomic E-state index is 0.0234. The van der Waals surface area contributed by atoms with E-state index in [1.54, 1.807) is 12.1 Å². The molecule has 6 nitrogen and oxygen atoms in total. The Bertz CT molecular complexity index is 610. The number of benzene rings is 1. The van der Waals surface area contributed by atoms with Crippen LogP contribution in [0.1, 0.15) is 19.8 Å². The van der Waals surface area contributed by atoms with Gasteiger partial charge in [0, 0.05) is 12.6 Å². The Labute approximate surface area is 132 Å². The maximum atomic E-state index is 12.6. The van der Waals surface area contributed by atoms with Crippen molar-refractivity contribution in [1.82, 2.24) is 10.0 Å². The summed E-state index contributed by atoms with van der Waals surface area (Å²) in [5.74, 6) is 0.790. The van der Waals surface area contributed by atoms with Crippen LogP contribution in [0.2, 0.25) is 0 Å². The molecule has 0 amide bonds. The van der Waals surface area contributed by atoms with E-state index in [2.05, 4.69) is 17.0 Å². The molecule has 1 fully saturated rings. The van der Waals surface area contributed by atoms with E-state index in [1.807, 2.05) is 0 Å². The van der Waals surface area contributed by atoms with Crippen LogP contribution in [0, 0.1) is 5.41 Å². The van der Waals surface area contributed by atoms with Crippen molar-refractivity contribution in [1.29, 1.82) is 0 Å². The van der Waals surface area contributed by atoms with Gasteiger partial charge in [-0.05, 0) is 43.5 Å². The minimum Gasteiger partial charge on any atom is -0.497 e.